The Morgan fingerprint density at radius 3 is 2.30 bits per heavy atom. The molecule has 1 N–H and O–H groups in total. The van der Waals surface area contributed by atoms with Crippen LogP contribution in [-0.4, -0.2) is 17.4 Å². The van der Waals surface area contributed by atoms with Crippen molar-refractivity contribution in [2.45, 2.75) is 26.9 Å². The summed E-state index contributed by atoms with van der Waals surface area (Å²) in [4.78, 5) is 14.4. The van der Waals surface area contributed by atoms with E-state index in [0.29, 0.717) is 22.3 Å². The molecule has 2 aromatic rings. The normalized spacial score (nSPS) is 13.9. The fraction of sp³-hybridized carbons (Fsp3) is 0.278. The Bertz CT molecular complexity index is 743. The minimum atomic E-state index is -0.0876. The molecular weight excluding hydrogens is 331 g/mol. The van der Waals surface area contributed by atoms with Crippen molar-refractivity contribution in [3.8, 4) is 0 Å². The van der Waals surface area contributed by atoms with E-state index in [1.165, 1.54) is 22.3 Å². The second-order valence-corrected chi connectivity index (χ2v) is 6.87. The molecule has 0 radical (unpaired) electrons. The number of nitrogens with zero attached hydrogens (tertiary/aromatic N) is 1. The highest BCUT2D eigenvalue weighted by Crippen LogP contribution is 2.27. The molecule has 2 aromatic carbocycles. The maximum absolute atomic E-state index is 12.3. The van der Waals surface area contributed by atoms with Crippen LogP contribution in [0.4, 0.5) is 5.69 Å². The van der Waals surface area contributed by atoms with Gasteiger partial charge < -0.3 is 5.32 Å². The van der Waals surface area contributed by atoms with Gasteiger partial charge in [0.15, 0.2) is 0 Å². The number of amides is 1. The van der Waals surface area contributed by atoms with Crippen molar-refractivity contribution in [2.75, 3.05) is 11.9 Å². The van der Waals surface area contributed by atoms with Crippen LogP contribution in [0, 0.1) is 13.8 Å². The van der Waals surface area contributed by atoms with E-state index in [4.69, 9.17) is 23.2 Å². The Balaban J connectivity index is 1.65. The zero-order valence-electron chi connectivity index (χ0n) is 13.1. The Morgan fingerprint density at radius 2 is 1.70 bits per heavy atom. The molecule has 120 valence electrons. The van der Waals surface area contributed by atoms with Crippen molar-refractivity contribution in [1.29, 1.82) is 0 Å². The second kappa shape index (κ2) is 6.52. The third kappa shape index (κ3) is 3.69. The van der Waals surface area contributed by atoms with Crippen LogP contribution in [0.15, 0.2) is 30.3 Å². The van der Waals surface area contributed by atoms with Gasteiger partial charge in [-0.15, -0.1) is 0 Å². The van der Waals surface area contributed by atoms with Crippen molar-refractivity contribution >= 4 is 34.8 Å². The fourth-order valence-corrected chi connectivity index (χ4v) is 3.20. The molecule has 3 rings (SSSR count). The van der Waals surface area contributed by atoms with Gasteiger partial charge in [0, 0.05) is 18.1 Å². The number of anilines is 1. The Labute approximate surface area is 146 Å². The molecule has 0 unspecified atom stereocenters. The lowest BCUT2D eigenvalue weighted by Gasteiger charge is -2.15. The summed E-state index contributed by atoms with van der Waals surface area (Å²) in [6.07, 6.45) is 0. The van der Waals surface area contributed by atoms with Gasteiger partial charge in [0.2, 0.25) is 5.91 Å². The monoisotopic (exact) mass is 348 g/mol. The van der Waals surface area contributed by atoms with Gasteiger partial charge in [0.05, 0.1) is 17.3 Å². The van der Waals surface area contributed by atoms with Crippen LogP contribution in [0.2, 0.25) is 10.0 Å². The molecule has 0 fully saturated rings. The highest BCUT2D eigenvalue weighted by atomic mass is 35.5. The summed E-state index contributed by atoms with van der Waals surface area (Å²) in [5.41, 5.74) is 5.75. The molecule has 0 saturated heterocycles. The fourth-order valence-electron chi connectivity index (χ4n) is 2.87. The Hall–Kier alpha value is -1.55. The molecule has 1 amide bonds. The standard InChI is InChI=1S/C18H18Cl2N2O/c1-11-5-13-8-22(9-14(13)6-12(11)2)10-18(23)21-17-7-15(19)3-4-16(17)20/h3-7H,8-10H2,1-2H3,(H,21,23). The number of fused-ring (bicyclic) bond motifs is 1. The first-order chi connectivity index (χ1) is 10.9. The molecule has 1 heterocycles. The zero-order valence-corrected chi connectivity index (χ0v) is 14.6. The first-order valence-corrected chi connectivity index (χ1v) is 8.24. The molecule has 0 aliphatic carbocycles. The van der Waals surface area contributed by atoms with Crippen LogP contribution >= 0.6 is 23.2 Å². The number of nitrogens with one attached hydrogen (secondary N) is 1. The highest BCUT2D eigenvalue weighted by molar-refractivity contribution is 6.35. The summed E-state index contributed by atoms with van der Waals surface area (Å²) in [6.45, 7) is 6.16. The van der Waals surface area contributed by atoms with E-state index in [1.54, 1.807) is 18.2 Å². The molecule has 0 spiro atoms. The van der Waals surface area contributed by atoms with Crippen molar-refractivity contribution in [3.05, 3.63) is 62.6 Å². The molecule has 0 bridgehead atoms. The number of benzene rings is 2. The molecule has 0 atom stereocenters. The third-order valence-corrected chi connectivity index (χ3v) is 4.74. The number of hydrogen-bond donors (Lipinski definition) is 1. The lowest BCUT2D eigenvalue weighted by Crippen LogP contribution is -2.29. The van der Waals surface area contributed by atoms with Crippen LogP contribution in [-0.2, 0) is 17.9 Å². The third-order valence-electron chi connectivity index (χ3n) is 4.17. The number of carbonyl (C=O) groups excluding carboxylic acids is 1. The number of aryl methyl sites for hydroxylation is 2. The van der Waals surface area contributed by atoms with Gasteiger partial charge in [0.1, 0.15) is 0 Å². The molecule has 0 aromatic heterocycles. The van der Waals surface area contributed by atoms with Crippen LogP contribution in [0.25, 0.3) is 0 Å². The SMILES string of the molecule is Cc1cc2c(cc1C)CN(CC(=O)Nc1cc(Cl)ccc1Cl)C2. The molecule has 3 nitrogen and oxygen atoms in total. The quantitative estimate of drug-likeness (QED) is 0.881. The van der Waals surface area contributed by atoms with Gasteiger partial charge in [-0.2, -0.15) is 0 Å². The maximum atomic E-state index is 12.3. The lowest BCUT2D eigenvalue weighted by molar-refractivity contribution is -0.117. The summed E-state index contributed by atoms with van der Waals surface area (Å²) < 4.78 is 0. The van der Waals surface area contributed by atoms with Gasteiger partial charge in [0.25, 0.3) is 0 Å². The Kier molecular flexibility index (Phi) is 4.62. The smallest absolute Gasteiger partial charge is 0.238 e. The van der Waals surface area contributed by atoms with Gasteiger partial charge in [-0.25, -0.2) is 0 Å². The van der Waals surface area contributed by atoms with Crippen LogP contribution in [0.3, 0.4) is 0 Å². The van der Waals surface area contributed by atoms with Crippen LogP contribution in [0.5, 0.6) is 0 Å². The van der Waals surface area contributed by atoms with Gasteiger partial charge in [-0.05, 0) is 54.3 Å². The van der Waals surface area contributed by atoms with Crippen molar-refractivity contribution in [2.24, 2.45) is 0 Å². The van der Waals surface area contributed by atoms with Crippen molar-refractivity contribution < 1.29 is 4.79 Å². The molecule has 23 heavy (non-hydrogen) atoms. The zero-order chi connectivity index (χ0) is 16.6. The van der Waals surface area contributed by atoms with Crippen molar-refractivity contribution in [1.82, 2.24) is 4.90 Å². The predicted octanol–water partition coefficient (Wildman–Crippen LogP) is 4.56. The second-order valence-electron chi connectivity index (χ2n) is 6.02. The lowest BCUT2D eigenvalue weighted by atomic mass is 10.0. The van der Waals surface area contributed by atoms with Crippen molar-refractivity contribution in [3.63, 3.8) is 0 Å². The van der Waals surface area contributed by atoms with E-state index in [-0.39, 0.29) is 5.91 Å². The van der Waals surface area contributed by atoms with E-state index in [9.17, 15) is 4.79 Å². The van der Waals surface area contributed by atoms with E-state index >= 15 is 0 Å². The first-order valence-electron chi connectivity index (χ1n) is 7.48. The minimum Gasteiger partial charge on any atom is -0.324 e. The molecule has 5 heteroatoms. The van der Waals surface area contributed by atoms with Gasteiger partial charge in [-0.1, -0.05) is 35.3 Å². The molecule has 1 aliphatic heterocycles. The summed E-state index contributed by atoms with van der Waals surface area (Å²) in [5, 5.41) is 3.86. The van der Waals surface area contributed by atoms with E-state index < -0.39 is 0 Å². The number of rotatable bonds is 3. The Morgan fingerprint density at radius 1 is 1.09 bits per heavy atom. The van der Waals surface area contributed by atoms with Gasteiger partial charge in [-0.3, -0.25) is 9.69 Å². The topological polar surface area (TPSA) is 32.3 Å². The minimum absolute atomic E-state index is 0.0876. The summed E-state index contributed by atoms with van der Waals surface area (Å²) in [7, 11) is 0. The van der Waals surface area contributed by atoms with E-state index in [2.05, 4.69) is 36.2 Å². The van der Waals surface area contributed by atoms with Gasteiger partial charge >= 0.3 is 0 Å². The van der Waals surface area contributed by atoms with E-state index in [1.807, 2.05) is 0 Å². The molecule has 0 saturated carbocycles. The average Bonchev–Trinajstić information content (AvgIpc) is 2.84. The molecule has 1 aliphatic rings. The summed E-state index contributed by atoms with van der Waals surface area (Å²) in [6, 6.07) is 9.47. The number of hydrogen-bond acceptors (Lipinski definition) is 2. The number of carbonyl (C=O) groups is 1. The van der Waals surface area contributed by atoms with E-state index in [0.717, 1.165) is 13.1 Å². The highest BCUT2D eigenvalue weighted by Gasteiger charge is 2.21. The first kappa shape index (κ1) is 16.3. The molecular formula is C18H18Cl2N2O. The largest absolute Gasteiger partial charge is 0.324 e. The predicted molar refractivity (Wildman–Crippen MR) is 95.1 cm³/mol. The van der Waals surface area contributed by atoms with Crippen LogP contribution in [0.1, 0.15) is 22.3 Å². The summed E-state index contributed by atoms with van der Waals surface area (Å²) >= 11 is 12.0. The maximum Gasteiger partial charge on any atom is 0.238 e. The van der Waals surface area contributed by atoms with Crippen LogP contribution < -0.4 is 5.32 Å². The number of halogens is 2. The average molecular weight is 349 g/mol. The summed E-state index contributed by atoms with van der Waals surface area (Å²) in [5.74, 6) is -0.0876.